The molecular weight excluding hydrogens is 372 g/mol. The van der Waals surface area contributed by atoms with Crippen LogP contribution in [0, 0.1) is 25.7 Å². The number of amides is 2. The molecule has 1 saturated heterocycles. The summed E-state index contributed by atoms with van der Waals surface area (Å²) in [5.41, 5.74) is 0.632. The van der Waals surface area contributed by atoms with E-state index in [1.165, 1.54) is 6.20 Å². The molecule has 2 aromatic heterocycles. The fraction of sp³-hybridized carbons (Fsp3) is 0.600. The number of likely N-dealkylation sites (tertiary alicyclic amines) is 1. The Morgan fingerprint density at radius 3 is 2.69 bits per heavy atom. The summed E-state index contributed by atoms with van der Waals surface area (Å²) >= 11 is 0. The third-order valence-electron chi connectivity index (χ3n) is 5.98. The molecule has 9 nitrogen and oxygen atoms in total. The highest BCUT2D eigenvalue weighted by Crippen LogP contribution is 2.50. The van der Waals surface area contributed by atoms with Crippen LogP contribution in [0.5, 0.6) is 0 Å². The lowest BCUT2D eigenvalue weighted by atomic mass is 9.80. The van der Waals surface area contributed by atoms with Crippen molar-refractivity contribution in [2.75, 3.05) is 13.1 Å². The van der Waals surface area contributed by atoms with Crippen molar-refractivity contribution in [3.8, 4) is 0 Å². The molecule has 1 saturated carbocycles. The molecule has 2 aromatic rings. The fourth-order valence-corrected chi connectivity index (χ4v) is 4.61. The Balaban J connectivity index is 1.55. The molecule has 2 amide bonds. The van der Waals surface area contributed by atoms with Gasteiger partial charge in [0, 0.05) is 31.2 Å². The number of nitrogens with one attached hydrogen (secondary N) is 1. The number of rotatable bonds is 4. The van der Waals surface area contributed by atoms with Crippen molar-refractivity contribution in [1.82, 2.24) is 30.3 Å². The number of fused-ring (bicyclic) bond motifs is 1. The van der Waals surface area contributed by atoms with Crippen LogP contribution in [0.1, 0.15) is 54.6 Å². The Morgan fingerprint density at radius 1 is 1.28 bits per heavy atom. The standard InChI is InChI=1S/C20H26N6O3/c1-11(2)18(28)26-9-14-5-15(24-17(27)16-8-21-12(3)7-22-16)6-20(14,10-26)19-23-13(4)25-29-19/h7-8,11,14-15H,5-6,9-10H2,1-4H3,(H,24,27). The minimum Gasteiger partial charge on any atom is -0.348 e. The van der Waals surface area contributed by atoms with E-state index in [-0.39, 0.29) is 29.7 Å². The van der Waals surface area contributed by atoms with Gasteiger partial charge in [0.2, 0.25) is 11.8 Å². The van der Waals surface area contributed by atoms with Crippen molar-refractivity contribution in [3.63, 3.8) is 0 Å². The molecule has 9 heteroatoms. The van der Waals surface area contributed by atoms with E-state index in [9.17, 15) is 9.59 Å². The fourth-order valence-electron chi connectivity index (χ4n) is 4.61. The van der Waals surface area contributed by atoms with E-state index in [0.717, 1.165) is 12.1 Å². The number of aromatic nitrogens is 4. The highest BCUT2D eigenvalue weighted by atomic mass is 16.5. The summed E-state index contributed by atoms with van der Waals surface area (Å²) in [4.78, 5) is 39.9. The molecule has 2 fully saturated rings. The molecule has 29 heavy (non-hydrogen) atoms. The van der Waals surface area contributed by atoms with Gasteiger partial charge in [0.25, 0.3) is 5.91 Å². The Labute approximate surface area is 169 Å². The summed E-state index contributed by atoms with van der Waals surface area (Å²) in [7, 11) is 0. The summed E-state index contributed by atoms with van der Waals surface area (Å²) < 4.78 is 5.56. The van der Waals surface area contributed by atoms with Gasteiger partial charge in [-0.2, -0.15) is 4.98 Å². The monoisotopic (exact) mass is 398 g/mol. The second-order valence-corrected chi connectivity index (χ2v) is 8.53. The predicted octanol–water partition coefficient (Wildman–Crippen LogP) is 1.42. The highest BCUT2D eigenvalue weighted by molar-refractivity contribution is 5.92. The van der Waals surface area contributed by atoms with E-state index in [0.29, 0.717) is 36.9 Å². The molecule has 1 aliphatic heterocycles. The van der Waals surface area contributed by atoms with Crippen molar-refractivity contribution in [1.29, 1.82) is 0 Å². The lowest BCUT2D eigenvalue weighted by Gasteiger charge is -2.26. The SMILES string of the molecule is Cc1cnc(C(=O)NC2CC3CN(C(=O)C(C)C)CC3(c3nc(C)no3)C2)cn1. The second-order valence-electron chi connectivity index (χ2n) is 8.53. The number of hydrogen-bond donors (Lipinski definition) is 1. The number of nitrogens with zero attached hydrogens (tertiary/aromatic N) is 5. The largest absolute Gasteiger partial charge is 0.348 e. The van der Waals surface area contributed by atoms with Crippen LogP contribution < -0.4 is 5.32 Å². The van der Waals surface area contributed by atoms with Gasteiger partial charge in [-0.25, -0.2) is 4.98 Å². The maximum Gasteiger partial charge on any atom is 0.271 e. The first-order valence-electron chi connectivity index (χ1n) is 9.97. The Hall–Kier alpha value is -2.84. The molecule has 0 bridgehead atoms. The Bertz CT molecular complexity index is 925. The summed E-state index contributed by atoms with van der Waals surface area (Å²) in [5.74, 6) is 1.11. The normalized spacial score (nSPS) is 26.0. The maximum atomic E-state index is 12.6. The first-order chi connectivity index (χ1) is 13.8. The van der Waals surface area contributed by atoms with E-state index in [1.807, 2.05) is 25.7 Å². The summed E-state index contributed by atoms with van der Waals surface area (Å²) in [6.45, 7) is 8.60. The lowest BCUT2D eigenvalue weighted by Crippen LogP contribution is -2.40. The van der Waals surface area contributed by atoms with Gasteiger partial charge in [0.15, 0.2) is 5.82 Å². The molecule has 3 heterocycles. The van der Waals surface area contributed by atoms with Crippen LogP contribution in [0.3, 0.4) is 0 Å². The molecule has 0 radical (unpaired) electrons. The molecule has 3 atom stereocenters. The van der Waals surface area contributed by atoms with Gasteiger partial charge in [-0.05, 0) is 32.6 Å². The van der Waals surface area contributed by atoms with Crippen molar-refractivity contribution >= 4 is 11.8 Å². The van der Waals surface area contributed by atoms with Gasteiger partial charge in [-0.15, -0.1) is 0 Å². The first-order valence-corrected chi connectivity index (χ1v) is 9.97. The van der Waals surface area contributed by atoms with Gasteiger partial charge in [-0.3, -0.25) is 14.6 Å². The van der Waals surface area contributed by atoms with E-state index in [1.54, 1.807) is 13.1 Å². The van der Waals surface area contributed by atoms with Crippen LogP contribution in [0.2, 0.25) is 0 Å². The van der Waals surface area contributed by atoms with E-state index in [2.05, 4.69) is 25.4 Å². The molecule has 3 unspecified atom stereocenters. The lowest BCUT2D eigenvalue weighted by molar-refractivity contribution is -0.133. The van der Waals surface area contributed by atoms with Crippen molar-refractivity contribution in [2.24, 2.45) is 11.8 Å². The number of carbonyl (C=O) groups is 2. The minimum atomic E-state index is -0.428. The molecule has 1 aliphatic carbocycles. The van der Waals surface area contributed by atoms with Crippen LogP contribution in [-0.4, -0.2) is 56.0 Å². The molecule has 1 N–H and O–H groups in total. The van der Waals surface area contributed by atoms with Crippen LogP contribution in [0.4, 0.5) is 0 Å². The Morgan fingerprint density at radius 2 is 2.07 bits per heavy atom. The van der Waals surface area contributed by atoms with Crippen LogP contribution >= 0.6 is 0 Å². The third-order valence-corrected chi connectivity index (χ3v) is 5.98. The van der Waals surface area contributed by atoms with Gasteiger partial charge < -0.3 is 14.7 Å². The molecular formula is C20H26N6O3. The number of carbonyl (C=O) groups excluding carboxylic acids is 2. The zero-order valence-corrected chi connectivity index (χ0v) is 17.2. The number of aryl methyl sites for hydroxylation is 2. The molecule has 0 aromatic carbocycles. The van der Waals surface area contributed by atoms with Crippen molar-refractivity contribution in [3.05, 3.63) is 35.5 Å². The summed E-state index contributed by atoms with van der Waals surface area (Å²) in [5, 5.41) is 7.04. The van der Waals surface area contributed by atoms with E-state index in [4.69, 9.17) is 4.52 Å². The quantitative estimate of drug-likeness (QED) is 0.828. The van der Waals surface area contributed by atoms with Crippen LogP contribution in [0.15, 0.2) is 16.9 Å². The highest BCUT2D eigenvalue weighted by Gasteiger charge is 2.58. The van der Waals surface area contributed by atoms with Crippen molar-refractivity contribution < 1.29 is 14.1 Å². The zero-order chi connectivity index (χ0) is 20.8. The average molecular weight is 398 g/mol. The maximum absolute atomic E-state index is 12.6. The van der Waals surface area contributed by atoms with E-state index < -0.39 is 5.41 Å². The van der Waals surface area contributed by atoms with Gasteiger partial charge >= 0.3 is 0 Å². The third kappa shape index (κ3) is 3.49. The molecule has 2 aliphatic rings. The first kappa shape index (κ1) is 19.5. The van der Waals surface area contributed by atoms with E-state index >= 15 is 0 Å². The van der Waals surface area contributed by atoms with Crippen molar-refractivity contribution in [2.45, 2.75) is 52.0 Å². The summed E-state index contributed by atoms with van der Waals surface area (Å²) in [6.07, 6.45) is 4.46. The Kier molecular flexibility index (Phi) is 4.84. The molecule has 4 rings (SSSR count). The summed E-state index contributed by atoms with van der Waals surface area (Å²) in [6, 6.07) is -0.0564. The topological polar surface area (TPSA) is 114 Å². The van der Waals surface area contributed by atoms with Gasteiger partial charge in [0.1, 0.15) is 5.69 Å². The van der Waals surface area contributed by atoms with Crippen LogP contribution in [-0.2, 0) is 10.2 Å². The van der Waals surface area contributed by atoms with Gasteiger partial charge in [0.05, 0.1) is 17.3 Å². The zero-order valence-electron chi connectivity index (χ0n) is 17.2. The molecule has 154 valence electrons. The average Bonchev–Trinajstić information content (AvgIpc) is 3.34. The second kappa shape index (κ2) is 7.20. The minimum absolute atomic E-state index is 0.0564. The van der Waals surface area contributed by atoms with Gasteiger partial charge in [-0.1, -0.05) is 19.0 Å². The van der Waals surface area contributed by atoms with Crippen LogP contribution in [0.25, 0.3) is 0 Å². The number of hydrogen-bond acceptors (Lipinski definition) is 7. The predicted molar refractivity (Wildman–Crippen MR) is 103 cm³/mol. The smallest absolute Gasteiger partial charge is 0.271 e. The molecule has 0 spiro atoms.